The van der Waals surface area contributed by atoms with Gasteiger partial charge in [-0.05, 0) is 33.3 Å². The monoisotopic (exact) mass is 363 g/mol. The summed E-state index contributed by atoms with van der Waals surface area (Å²) in [6, 6.07) is 9.71. The lowest BCUT2D eigenvalue weighted by molar-refractivity contribution is -0.231. The molecular formula is C19H25NO6. The van der Waals surface area contributed by atoms with Crippen LogP contribution >= 0.6 is 0 Å². The molecule has 1 aromatic rings. The Bertz CT molecular complexity index is 676. The number of benzene rings is 1. The van der Waals surface area contributed by atoms with Crippen molar-refractivity contribution in [3.63, 3.8) is 0 Å². The van der Waals surface area contributed by atoms with Crippen molar-refractivity contribution >= 4 is 5.91 Å². The van der Waals surface area contributed by atoms with Gasteiger partial charge < -0.3 is 29.0 Å². The first-order valence-corrected chi connectivity index (χ1v) is 8.92. The fourth-order valence-electron chi connectivity index (χ4n) is 3.71. The lowest BCUT2D eigenvalue weighted by atomic mass is 9.98. The topological polar surface area (TPSA) is 75.3 Å². The zero-order chi connectivity index (χ0) is 18.5. The third-order valence-electron chi connectivity index (χ3n) is 4.72. The van der Waals surface area contributed by atoms with Crippen LogP contribution in [-0.4, -0.2) is 48.2 Å². The molecule has 7 nitrogen and oxygen atoms in total. The van der Waals surface area contributed by atoms with Gasteiger partial charge in [-0.3, -0.25) is 4.79 Å². The molecule has 0 unspecified atom stereocenters. The Morgan fingerprint density at radius 1 is 0.923 bits per heavy atom. The van der Waals surface area contributed by atoms with Crippen LogP contribution in [0, 0.1) is 0 Å². The molecule has 3 aliphatic rings. The van der Waals surface area contributed by atoms with Crippen LogP contribution in [0.1, 0.15) is 33.3 Å². The quantitative estimate of drug-likeness (QED) is 0.881. The first-order chi connectivity index (χ1) is 12.2. The summed E-state index contributed by atoms with van der Waals surface area (Å²) in [7, 11) is 0. The molecule has 4 rings (SSSR count). The Kier molecular flexibility index (Phi) is 4.32. The van der Waals surface area contributed by atoms with Gasteiger partial charge >= 0.3 is 0 Å². The highest BCUT2D eigenvalue weighted by Gasteiger charge is 2.62. The predicted octanol–water partition coefficient (Wildman–Crippen LogP) is 1.70. The first-order valence-electron chi connectivity index (χ1n) is 8.92. The average Bonchev–Trinajstić information content (AvgIpc) is 3.06. The number of hydrogen-bond donors (Lipinski definition) is 1. The number of hydrogen-bond acceptors (Lipinski definition) is 6. The molecule has 7 heteroatoms. The van der Waals surface area contributed by atoms with Crippen molar-refractivity contribution in [2.75, 3.05) is 0 Å². The number of nitrogens with one attached hydrogen (secondary N) is 1. The van der Waals surface area contributed by atoms with Gasteiger partial charge in [-0.2, -0.15) is 0 Å². The zero-order valence-corrected chi connectivity index (χ0v) is 15.4. The predicted molar refractivity (Wildman–Crippen MR) is 90.8 cm³/mol. The number of carbonyl (C=O) groups is 1. The van der Waals surface area contributed by atoms with Crippen LogP contribution in [0.15, 0.2) is 30.3 Å². The molecular weight excluding hydrogens is 338 g/mol. The highest BCUT2D eigenvalue weighted by Crippen LogP contribution is 2.44. The highest BCUT2D eigenvalue weighted by atomic mass is 16.9. The largest absolute Gasteiger partial charge is 0.350 e. The van der Waals surface area contributed by atoms with E-state index in [1.54, 1.807) is 0 Å². The van der Waals surface area contributed by atoms with Crippen molar-refractivity contribution in [2.24, 2.45) is 0 Å². The Labute approximate surface area is 152 Å². The summed E-state index contributed by atoms with van der Waals surface area (Å²) in [6.45, 7) is 7.68. The summed E-state index contributed by atoms with van der Waals surface area (Å²) in [5.41, 5.74) is 1.01. The van der Waals surface area contributed by atoms with Crippen molar-refractivity contribution < 1.29 is 28.5 Å². The van der Waals surface area contributed by atoms with Gasteiger partial charge in [0.25, 0.3) is 5.91 Å². The van der Waals surface area contributed by atoms with E-state index in [4.69, 9.17) is 23.7 Å². The lowest BCUT2D eigenvalue weighted by Gasteiger charge is -2.36. The van der Waals surface area contributed by atoms with E-state index in [2.05, 4.69) is 5.32 Å². The van der Waals surface area contributed by atoms with Crippen molar-refractivity contribution in [1.82, 2.24) is 5.32 Å². The van der Waals surface area contributed by atoms with Crippen LogP contribution in [0.4, 0.5) is 0 Å². The van der Waals surface area contributed by atoms with Crippen molar-refractivity contribution in [3.05, 3.63) is 35.9 Å². The molecule has 3 aliphatic heterocycles. The van der Waals surface area contributed by atoms with Gasteiger partial charge in [-0.25, -0.2) is 0 Å². The summed E-state index contributed by atoms with van der Waals surface area (Å²) in [5, 5.41) is 2.91. The van der Waals surface area contributed by atoms with E-state index in [0.29, 0.717) is 6.54 Å². The van der Waals surface area contributed by atoms with Crippen LogP contribution < -0.4 is 5.32 Å². The molecule has 26 heavy (non-hydrogen) atoms. The van der Waals surface area contributed by atoms with Gasteiger partial charge in [-0.15, -0.1) is 0 Å². The Morgan fingerprint density at radius 3 is 2.27 bits per heavy atom. The second-order valence-corrected chi connectivity index (χ2v) is 7.79. The third-order valence-corrected chi connectivity index (χ3v) is 4.72. The number of carbonyl (C=O) groups excluding carboxylic acids is 1. The molecule has 0 spiro atoms. The molecule has 0 saturated carbocycles. The molecule has 1 N–H and O–H groups in total. The highest BCUT2D eigenvalue weighted by molar-refractivity contribution is 5.81. The van der Waals surface area contributed by atoms with E-state index < -0.39 is 42.3 Å². The van der Waals surface area contributed by atoms with Gasteiger partial charge in [0.05, 0.1) is 0 Å². The van der Waals surface area contributed by atoms with Crippen LogP contribution in [0.3, 0.4) is 0 Å². The van der Waals surface area contributed by atoms with E-state index in [1.165, 1.54) is 0 Å². The standard InChI is InChI=1S/C19H25NO6/c1-18(2)23-12-13(24-18)15-17(26-19(3,4)25-15)22-14(12)16(21)20-10-11-8-6-5-7-9-11/h5-9,12-15,17H,10H2,1-4H3,(H,20,21)/t12-,13+,14+,15+,17-/m0/s1. The van der Waals surface area contributed by atoms with E-state index >= 15 is 0 Å². The molecule has 0 aromatic heterocycles. The van der Waals surface area contributed by atoms with Crippen molar-refractivity contribution in [3.8, 4) is 0 Å². The Morgan fingerprint density at radius 2 is 1.54 bits per heavy atom. The smallest absolute Gasteiger partial charge is 0.252 e. The second kappa shape index (κ2) is 6.28. The number of rotatable bonds is 3. The molecule has 0 radical (unpaired) electrons. The van der Waals surface area contributed by atoms with Crippen molar-refractivity contribution in [1.29, 1.82) is 0 Å². The van der Waals surface area contributed by atoms with Gasteiger partial charge in [0.2, 0.25) is 0 Å². The molecule has 1 amide bonds. The maximum absolute atomic E-state index is 12.8. The second-order valence-electron chi connectivity index (χ2n) is 7.79. The summed E-state index contributed by atoms with van der Waals surface area (Å²) >= 11 is 0. The summed E-state index contributed by atoms with van der Waals surface area (Å²) in [5.74, 6) is -1.87. The maximum Gasteiger partial charge on any atom is 0.252 e. The van der Waals surface area contributed by atoms with Crippen LogP contribution in [-0.2, 0) is 35.0 Å². The lowest BCUT2D eigenvalue weighted by Crippen LogP contribution is -2.59. The van der Waals surface area contributed by atoms with E-state index in [9.17, 15) is 4.79 Å². The fourth-order valence-corrected chi connectivity index (χ4v) is 3.71. The Balaban J connectivity index is 1.51. The summed E-state index contributed by atoms with van der Waals surface area (Å²) in [6.07, 6.45) is -2.92. The normalized spacial score (nSPS) is 37.0. The molecule has 3 heterocycles. The fraction of sp³-hybridized carbons (Fsp3) is 0.632. The average molecular weight is 363 g/mol. The minimum absolute atomic E-state index is 0.253. The first kappa shape index (κ1) is 17.9. The van der Waals surface area contributed by atoms with E-state index in [-0.39, 0.29) is 5.91 Å². The van der Waals surface area contributed by atoms with Crippen molar-refractivity contribution in [2.45, 2.75) is 76.5 Å². The molecule has 3 fully saturated rings. The van der Waals surface area contributed by atoms with E-state index in [1.807, 2.05) is 58.0 Å². The molecule has 1 aromatic carbocycles. The van der Waals surface area contributed by atoms with E-state index in [0.717, 1.165) is 5.56 Å². The molecule has 142 valence electrons. The maximum atomic E-state index is 12.8. The zero-order valence-electron chi connectivity index (χ0n) is 15.4. The van der Waals surface area contributed by atoms with Gasteiger partial charge in [-0.1, -0.05) is 30.3 Å². The van der Waals surface area contributed by atoms with Crippen LogP contribution in [0.2, 0.25) is 0 Å². The SMILES string of the molecule is CC1(C)O[C@@H]2O[C@@H](C(=O)NCc3ccccc3)[C@H]3OC(C)(C)O[C@H]3[C@H]2O1. The minimum Gasteiger partial charge on any atom is -0.350 e. The van der Waals surface area contributed by atoms with Gasteiger partial charge in [0.1, 0.15) is 18.3 Å². The molecule has 3 saturated heterocycles. The Hall–Kier alpha value is -1.51. The number of amides is 1. The third kappa shape index (κ3) is 3.37. The molecule has 5 atom stereocenters. The van der Waals surface area contributed by atoms with Gasteiger partial charge in [0, 0.05) is 6.54 Å². The summed E-state index contributed by atoms with van der Waals surface area (Å²) < 4.78 is 29.7. The molecule has 0 aliphatic carbocycles. The van der Waals surface area contributed by atoms with Crippen LogP contribution in [0.25, 0.3) is 0 Å². The number of fused-ring (bicyclic) bond motifs is 3. The van der Waals surface area contributed by atoms with Crippen LogP contribution in [0.5, 0.6) is 0 Å². The molecule has 0 bridgehead atoms. The number of ether oxygens (including phenoxy) is 5. The van der Waals surface area contributed by atoms with Gasteiger partial charge in [0.15, 0.2) is 24.0 Å². The minimum atomic E-state index is -0.829. The summed E-state index contributed by atoms with van der Waals surface area (Å²) in [4.78, 5) is 12.8.